The molecule has 1 aliphatic rings. The van der Waals surface area contributed by atoms with Gasteiger partial charge in [0.15, 0.2) is 5.96 Å². The zero-order valence-electron chi connectivity index (χ0n) is 15.1. The van der Waals surface area contributed by atoms with E-state index >= 15 is 0 Å². The number of rotatable bonds is 7. The molecule has 2 rings (SSSR count). The lowest BCUT2D eigenvalue weighted by atomic mass is 10.2. The van der Waals surface area contributed by atoms with Gasteiger partial charge in [-0.25, -0.2) is 9.98 Å². The predicted octanol–water partition coefficient (Wildman–Crippen LogP) is 1.22. The Morgan fingerprint density at radius 3 is 2.75 bits per heavy atom. The molecule has 1 saturated heterocycles. The van der Waals surface area contributed by atoms with Gasteiger partial charge in [-0.2, -0.15) is 0 Å². The molecule has 134 valence electrons. The second kappa shape index (κ2) is 9.30. The zero-order valence-corrected chi connectivity index (χ0v) is 15.1. The Kier molecular flexibility index (Phi) is 7.08. The Hall–Kier alpha value is -2.05. The van der Waals surface area contributed by atoms with E-state index < -0.39 is 0 Å². The Bertz CT molecular complexity index is 545. The Balaban J connectivity index is 1.90. The molecule has 1 aromatic rings. The van der Waals surface area contributed by atoms with Crippen molar-refractivity contribution in [2.75, 3.05) is 26.2 Å². The maximum Gasteiger partial charge on any atom is 0.241 e. The number of aliphatic imine (C=N–C) groups is 1. The standard InChI is InChI=1S/C17H30N6O/c1-4-18-17(21-12-16(24)22-8-5-6-9-22)20-11-15-19-7-10-23(15)13-14(2)3/h7,10,14H,4-6,8-9,11-13H2,1-3H3,(H2,18,20,21). The molecule has 1 fully saturated rings. The van der Waals surface area contributed by atoms with Crippen molar-refractivity contribution in [1.29, 1.82) is 0 Å². The Morgan fingerprint density at radius 2 is 2.08 bits per heavy atom. The highest BCUT2D eigenvalue weighted by molar-refractivity contribution is 5.86. The van der Waals surface area contributed by atoms with E-state index in [1.807, 2.05) is 24.2 Å². The number of aromatic nitrogens is 2. The van der Waals surface area contributed by atoms with E-state index in [0.29, 0.717) is 18.4 Å². The van der Waals surface area contributed by atoms with Crippen molar-refractivity contribution in [2.24, 2.45) is 10.9 Å². The molecular formula is C17H30N6O. The highest BCUT2D eigenvalue weighted by Gasteiger charge is 2.17. The first kappa shape index (κ1) is 18.3. The predicted molar refractivity (Wildman–Crippen MR) is 95.7 cm³/mol. The van der Waals surface area contributed by atoms with Crippen LogP contribution in [0.1, 0.15) is 39.4 Å². The van der Waals surface area contributed by atoms with E-state index in [2.05, 4.69) is 39.0 Å². The van der Waals surface area contributed by atoms with Gasteiger partial charge in [0.2, 0.25) is 5.91 Å². The Morgan fingerprint density at radius 1 is 1.33 bits per heavy atom. The van der Waals surface area contributed by atoms with E-state index in [9.17, 15) is 4.79 Å². The van der Waals surface area contributed by atoms with Crippen LogP contribution in [0.4, 0.5) is 0 Å². The van der Waals surface area contributed by atoms with Crippen LogP contribution in [-0.2, 0) is 17.9 Å². The first-order chi connectivity index (χ1) is 11.6. The molecule has 7 heteroatoms. The molecule has 2 N–H and O–H groups in total. The number of hydrogen-bond acceptors (Lipinski definition) is 3. The van der Waals surface area contributed by atoms with E-state index in [-0.39, 0.29) is 12.5 Å². The molecule has 0 aromatic carbocycles. The van der Waals surface area contributed by atoms with Crippen LogP contribution in [0.5, 0.6) is 0 Å². The van der Waals surface area contributed by atoms with Crippen molar-refractivity contribution in [3.63, 3.8) is 0 Å². The van der Waals surface area contributed by atoms with Crippen LogP contribution < -0.4 is 10.6 Å². The van der Waals surface area contributed by atoms with Crippen molar-refractivity contribution in [2.45, 2.75) is 46.7 Å². The van der Waals surface area contributed by atoms with Crippen LogP contribution in [0.25, 0.3) is 0 Å². The third-order valence-electron chi connectivity index (χ3n) is 3.95. The highest BCUT2D eigenvalue weighted by atomic mass is 16.2. The maximum atomic E-state index is 12.1. The minimum Gasteiger partial charge on any atom is -0.357 e. The topological polar surface area (TPSA) is 74.5 Å². The summed E-state index contributed by atoms with van der Waals surface area (Å²) in [6.07, 6.45) is 6.02. The van der Waals surface area contributed by atoms with Gasteiger partial charge in [0, 0.05) is 38.6 Å². The molecule has 0 atom stereocenters. The number of amides is 1. The van der Waals surface area contributed by atoms with Gasteiger partial charge in [-0.3, -0.25) is 4.79 Å². The van der Waals surface area contributed by atoms with E-state index in [4.69, 9.17) is 0 Å². The Labute approximate surface area is 144 Å². The average Bonchev–Trinajstić information content (AvgIpc) is 3.21. The number of guanidine groups is 1. The zero-order chi connectivity index (χ0) is 17.4. The lowest BCUT2D eigenvalue weighted by molar-refractivity contribution is -0.128. The molecule has 0 bridgehead atoms. The largest absolute Gasteiger partial charge is 0.357 e. The summed E-state index contributed by atoms with van der Waals surface area (Å²) in [7, 11) is 0. The number of hydrogen-bond donors (Lipinski definition) is 2. The summed E-state index contributed by atoms with van der Waals surface area (Å²) in [6, 6.07) is 0. The number of nitrogens with one attached hydrogen (secondary N) is 2. The molecule has 2 heterocycles. The minimum atomic E-state index is 0.138. The van der Waals surface area contributed by atoms with Gasteiger partial charge in [-0.15, -0.1) is 0 Å². The van der Waals surface area contributed by atoms with Crippen molar-refractivity contribution in [1.82, 2.24) is 25.1 Å². The van der Waals surface area contributed by atoms with Crippen molar-refractivity contribution in [3.8, 4) is 0 Å². The summed E-state index contributed by atoms with van der Waals surface area (Å²) in [5, 5.41) is 6.31. The normalized spacial score (nSPS) is 15.2. The fraction of sp³-hybridized carbons (Fsp3) is 0.706. The van der Waals surface area contributed by atoms with Gasteiger partial charge in [-0.1, -0.05) is 13.8 Å². The summed E-state index contributed by atoms with van der Waals surface area (Å²) in [4.78, 5) is 23.0. The second-order valence-electron chi connectivity index (χ2n) is 6.53. The van der Waals surface area contributed by atoms with E-state index in [1.165, 1.54) is 0 Å². The maximum absolute atomic E-state index is 12.1. The fourth-order valence-electron chi connectivity index (χ4n) is 2.78. The number of likely N-dealkylation sites (tertiary alicyclic amines) is 1. The van der Waals surface area contributed by atoms with E-state index in [0.717, 1.165) is 44.8 Å². The van der Waals surface area contributed by atoms with Crippen LogP contribution in [0.3, 0.4) is 0 Å². The molecule has 0 spiro atoms. The molecule has 0 saturated carbocycles. The summed E-state index contributed by atoms with van der Waals surface area (Å²) in [6.45, 7) is 10.6. The van der Waals surface area contributed by atoms with Gasteiger partial charge < -0.3 is 20.1 Å². The van der Waals surface area contributed by atoms with E-state index in [1.54, 1.807) is 0 Å². The number of imidazole rings is 1. The van der Waals surface area contributed by atoms with Crippen molar-refractivity contribution < 1.29 is 4.79 Å². The summed E-state index contributed by atoms with van der Waals surface area (Å²) in [5.74, 6) is 2.29. The molecule has 0 aliphatic carbocycles. The summed E-state index contributed by atoms with van der Waals surface area (Å²) >= 11 is 0. The van der Waals surface area contributed by atoms with Crippen molar-refractivity contribution >= 4 is 11.9 Å². The third-order valence-corrected chi connectivity index (χ3v) is 3.95. The van der Waals surface area contributed by atoms with Gasteiger partial charge in [0.1, 0.15) is 12.4 Å². The van der Waals surface area contributed by atoms with Gasteiger partial charge in [0.05, 0.1) is 6.54 Å². The fourth-order valence-corrected chi connectivity index (χ4v) is 2.78. The van der Waals surface area contributed by atoms with Crippen LogP contribution in [-0.4, -0.2) is 52.5 Å². The molecule has 7 nitrogen and oxygen atoms in total. The quantitative estimate of drug-likeness (QED) is 0.581. The molecule has 1 aromatic heterocycles. The SMILES string of the molecule is CCNC(=NCc1nccn1CC(C)C)NCC(=O)N1CCCC1. The number of carbonyl (C=O) groups excluding carboxylic acids is 1. The van der Waals surface area contributed by atoms with Crippen LogP contribution >= 0.6 is 0 Å². The van der Waals surface area contributed by atoms with Crippen LogP contribution in [0, 0.1) is 5.92 Å². The average molecular weight is 334 g/mol. The lowest BCUT2D eigenvalue weighted by Gasteiger charge is -2.17. The van der Waals surface area contributed by atoms with Crippen LogP contribution in [0.2, 0.25) is 0 Å². The smallest absolute Gasteiger partial charge is 0.241 e. The molecule has 0 unspecified atom stereocenters. The molecule has 0 radical (unpaired) electrons. The molecule has 1 aliphatic heterocycles. The van der Waals surface area contributed by atoms with Gasteiger partial charge >= 0.3 is 0 Å². The monoisotopic (exact) mass is 334 g/mol. The number of carbonyl (C=O) groups is 1. The molecular weight excluding hydrogens is 304 g/mol. The van der Waals surface area contributed by atoms with Crippen molar-refractivity contribution in [3.05, 3.63) is 18.2 Å². The lowest BCUT2D eigenvalue weighted by Crippen LogP contribution is -2.44. The summed E-state index contributed by atoms with van der Waals surface area (Å²) < 4.78 is 2.13. The minimum absolute atomic E-state index is 0.138. The van der Waals surface area contributed by atoms with Crippen LogP contribution in [0.15, 0.2) is 17.4 Å². The van der Waals surface area contributed by atoms with Gasteiger partial charge in [-0.05, 0) is 25.7 Å². The molecule has 24 heavy (non-hydrogen) atoms. The first-order valence-electron chi connectivity index (χ1n) is 8.90. The first-order valence-corrected chi connectivity index (χ1v) is 8.90. The summed E-state index contributed by atoms with van der Waals surface area (Å²) in [5.41, 5.74) is 0. The van der Waals surface area contributed by atoms with Gasteiger partial charge in [0.25, 0.3) is 0 Å². The second-order valence-corrected chi connectivity index (χ2v) is 6.53. The highest BCUT2D eigenvalue weighted by Crippen LogP contribution is 2.07. The third kappa shape index (κ3) is 5.54. The number of nitrogens with zero attached hydrogens (tertiary/aromatic N) is 4. The molecule has 1 amide bonds.